The second-order valence-electron chi connectivity index (χ2n) is 5.01. The van der Waals surface area contributed by atoms with Crippen LogP contribution in [0.3, 0.4) is 0 Å². The van der Waals surface area contributed by atoms with E-state index >= 15 is 0 Å². The van der Waals surface area contributed by atoms with Crippen LogP contribution in [-0.2, 0) is 19.5 Å². The van der Waals surface area contributed by atoms with Gasteiger partial charge in [0.2, 0.25) is 0 Å². The Kier molecular flexibility index (Phi) is 6.48. The normalized spacial score (nSPS) is 11.5. The molecule has 2 aromatic rings. The highest BCUT2D eigenvalue weighted by Gasteiger charge is 2.01. The van der Waals surface area contributed by atoms with Crippen molar-refractivity contribution in [2.24, 2.45) is 4.99 Å². The van der Waals surface area contributed by atoms with Crippen molar-refractivity contribution in [3.8, 4) is 0 Å². The third-order valence-electron chi connectivity index (χ3n) is 3.44. The maximum absolute atomic E-state index is 4.68. The van der Waals surface area contributed by atoms with Crippen LogP contribution in [0, 0.1) is 0 Å². The average molecular weight is 299 g/mol. The van der Waals surface area contributed by atoms with Crippen molar-refractivity contribution in [2.75, 3.05) is 13.1 Å². The van der Waals surface area contributed by atoms with Crippen LogP contribution in [0.2, 0.25) is 0 Å². The highest BCUT2D eigenvalue weighted by atomic mass is 15.3. The van der Waals surface area contributed by atoms with Crippen LogP contribution < -0.4 is 10.6 Å². The molecule has 118 valence electrons. The van der Waals surface area contributed by atoms with E-state index in [1.54, 1.807) is 6.20 Å². The van der Waals surface area contributed by atoms with Gasteiger partial charge in [-0.25, -0.2) is 4.99 Å². The molecule has 0 aliphatic carbocycles. The Bertz CT molecular complexity index is 574. The van der Waals surface area contributed by atoms with Crippen molar-refractivity contribution >= 4 is 5.96 Å². The number of rotatable bonds is 7. The molecule has 2 N–H and O–H groups in total. The van der Waals surface area contributed by atoms with E-state index in [0.29, 0.717) is 6.54 Å². The predicted octanol–water partition coefficient (Wildman–Crippen LogP) is 2.20. The van der Waals surface area contributed by atoms with Crippen LogP contribution in [0.15, 0.2) is 47.7 Å². The van der Waals surface area contributed by atoms with Gasteiger partial charge in [0.15, 0.2) is 5.96 Å². The van der Waals surface area contributed by atoms with Gasteiger partial charge in [0.1, 0.15) is 0 Å². The summed E-state index contributed by atoms with van der Waals surface area (Å²) in [6.45, 7) is 7.41. The molecule has 0 aliphatic heterocycles. The topological polar surface area (TPSA) is 54.2 Å². The molecule has 0 unspecified atom stereocenters. The van der Waals surface area contributed by atoms with Gasteiger partial charge < -0.3 is 10.6 Å². The molecule has 0 fully saturated rings. The van der Waals surface area contributed by atoms with Crippen molar-refractivity contribution in [1.29, 1.82) is 0 Å². The molecule has 22 heavy (non-hydrogen) atoms. The second kappa shape index (κ2) is 8.87. The monoisotopic (exact) mass is 299 g/mol. The molecule has 0 saturated heterocycles. The highest BCUT2D eigenvalue weighted by Crippen LogP contribution is 2.10. The molecule has 0 amide bonds. The molecule has 1 aromatic heterocycles. The minimum atomic E-state index is 0.696. The number of benzene rings is 1. The fraction of sp³-hybridized carbons (Fsp3) is 0.412. The zero-order valence-electron chi connectivity index (χ0n) is 13.4. The zero-order chi connectivity index (χ0) is 15.6. The molecule has 0 atom stereocenters. The van der Waals surface area contributed by atoms with E-state index in [0.717, 1.165) is 32.0 Å². The van der Waals surface area contributed by atoms with E-state index < -0.39 is 0 Å². The Morgan fingerprint density at radius 3 is 2.64 bits per heavy atom. The van der Waals surface area contributed by atoms with Gasteiger partial charge in [0.05, 0.1) is 13.1 Å². The molecule has 5 nitrogen and oxygen atoms in total. The van der Waals surface area contributed by atoms with Crippen LogP contribution in [-0.4, -0.2) is 28.8 Å². The van der Waals surface area contributed by atoms with Crippen molar-refractivity contribution in [2.45, 2.75) is 33.4 Å². The summed E-state index contributed by atoms with van der Waals surface area (Å²) >= 11 is 0. The standard InChI is InChI=1S/C17H25N5/c1-3-15-8-5-6-9-16(15)14-20-17(18-4-2)19-11-13-22-12-7-10-21-22/h5-10,12H,3-4,11,13-14H2,1-2H3,(H2,18,19,20). The lowest BCUT2D eigenvalue weighted by Crippen LogP contribution is -2.38. The van der Waals surface area contributed by atoms with Crippen molar-refractivity contribution < 1.29 is 0 Å². The summed E-state index contributed by atoms with van der Waals surface area (Å²) in [6.07, 6.45) is 4.79. The predicted molar refractivity (Wildman–Crippen MR) is 90.9 cm³/mol. The molecule has 0 aliphatic rings. The number of hydrogen-bond donors (Lipinski definition) is 2. The number of aryl methyl sites for hydroxylation is 1. The van der Waals surface area contributed by atoms with E-state index in [4.69, 9.17) is 0 Å². The Labute approximate surface area is 132 Å². The first-order valence-corrected chi connectivity index (χ1v) is 7.89. The maximum Gasteiger partial charge on any atom is 0.191 e. The smallest absolute Gasteiger partial charge is 0.191 e. The SMILES string of the molecule is CCNC(=NCc1ccccc1CC)NCCn1cccn1. The molecule has 5 heteroatoms. The first kappa shape index (κ1) is 16.1. The van der Waals surface area contributed by atoms with E-state index in [2.05, 4.69) is 58.8 Å². The Morgan fingerprint density at radius 1 is 1.14 bits per heavy atom. The lowest BCUT2D eigenvalue weighted by atomic mass is 10.1. The first-order valence-electron chi connectivity index (χ1n) is 7.89. The fourth-order valence-electron chi connectivity index (χ4n) is 2.28. The maximum atomic E-state index is 4.68. The number of hydrogen-bond acceptors (Lipinski definition) is 2. The van der Waals surface area contributed by atoms with Gasteiger partial charge in [-0.3, -0.25) is 4.68 Å². The summed E-state index contributed by atoms with van der Waals surface area (Å²) in [6, 6.07) is 10.4. The molecule has 0 spiro atoms. The molecule has 1 aromatic carbocycles. The van der Waals surface area contributed by atoms with Crippen LogP contribution in [0.4, 0.5) is 0 Å². The molecule has 0 saturated carbocycles. The highest BCUT2D eigenvalue weighted by molar-refractivity contribution is 5.79. The minimum absolute atomic E-state index is 0.696. The number of aliphatic imine (C=N–C) groups is 1. The van der Waals surface area contributed by atoms with Crippen LogP contribution in [0.5, 0.6) is 0 Å². The summed E-state index contributed by atoms with van der Waals surface area (Å²) < 4.78 is 1.91. The summed E-state index contributed by atoms with van der Waals surface area (Å²) in [4.78, 5) is 4.68. The zero-order valence-corrected chi connectivity index (χ0v) is 13.4. The van der Waals surface area contributed by atoms with Gasteiger partial charge in [-0.2, -0.15) is 5.10 Å². The van der Waals surface area contributed by atoms with Gasteiger partial charge in [-0.05, 0) is 30.5 Å². The number of nitrogens with one attached hydrogen (secondary N) is 2. The number of aromatic nitrogens is 2. The molecular formula is C17H25N5. The largest absolute Gasteiger partial charge is 0.357 e. The molecule has 2 rings (SSSR count). The van der Waals surface area contributed by atoms with Crippen molar-refractivity contribution in [3.05, 3.63) is 53.9 Å². The summed E-state index contributed by atoms with van der Waals surface area (Å²) in [5, 5.41) is 10.8. The summed E-state index contributed by atoms with van der Waals surface area (Å²) in [5.74, 6) is 0.848. The Balaban J connectivity index is 1.91. The van der Waals surface area contributed by atoms with E-state index in [9.17, 15) is 0 Å². The van der Waals surface area contributed by atoms with Crippen molar-refractivity contribution in [1.82, 2.24) is 20.4 Å². The van der Waals surface area contributed by atoms with Gasteiger partial charge in [-0.15, -0.1) is 0 Å². The van der Waals surface area contributed by atoms with Crippen LogP contribution in [0.1, 0.15) is 25.0 Å². The lowest BCUT2D eigenvalue weighted by Gasteiger charge is -2.12. The molecular weight excluding hydrogens is 274 g/mol. The van der Waals surface area contributed by atoms with Crippen LogP contribution >= 0.6 is 0 Å². The van der Waals surface area contributed by atoms with Crippen LogP contribution in [0.25, 0.3) is 0 Å². The Morgan fingerprint density at radius 2 is 1.95 bits per heavy atom. The van der Waals surface area contributed by atoms with E-state index in [-0.39, 0.29) is 0 Å². The minimum Gasteiger partial charge on any atom is -0.357 e. The van der Waals surface area contributed by atoms with Crippen molar-refractivity contribution in [3.63, 3.8) is 0 Å². The number of guanidine groups is 1. The van der Waals surface area contributed by atoms with Gasteiger partial charge in [0.25, 0.3) is 0 Å². The van der Waals surface area contributed by atoms with Gasteiger partial charge in [-0.1, -0.05) is 31.2 Å². The quantitative estimate of drug-likeness (QED) is 0.609. The first-order chi connectivity index (χ1) is 10.8. The third kappa shape index (κ3) is 4.91. The molecule has 0 bridgehead atoms. The fourth-order valence-corrected chi connectivity index (χ4v) is 2.28. The average Bonchev–Trinajstić information content (AvgIpc) is 3.06. The van der Waals surface area contributed by atoms with E-state index in [1.165, 1.54) is 11.1 Å². The van der Waals surface area contributed by atoms with E-state index in [1.807, 2.05) is 16.9 Å². The van der Waals surface area contributed by atoms with Gasteiger partial charge in [0, 0.05) is 25.5 Å². The summed E-state index contributed by atoms with van der Waals surface area (Å²) in [5.41, 5.74) is 2.65. The Hall–Kier alpha value is -2.30. The second-order valence-corrected chi connectivity index (χ2v) is 5.01. The third-order valence-corrected chi connectivity index (χ3v) is 3.44. The lowest BCUT2D eigenvalue weighted by molar-refractivity contribution is 0.598. The number of nitrogens with zero attached hydrogens (tertiary/aromatic N) is 3. The summed E-state index contributed by atoms with van der Waals surface area (Å²) in [7, 11) is 0. The molecule has 0 radical (unpaired) electrons. The van der Waals surface area contributed by atoms with Gasteiger partial charge >= 0.3 is 0 Å². The molecule has 1 heterocycles.